The molecule has 1 heteroatoms. The van der Waals surface area contributed by atoms with Gasteiger partial charge < -0.3 is 0 Å². The van der Waals surface area contributed by atoms with Gasteiger partial charge in [-0.3, -0.25) is 4.79 Å². The maximum absolute atomic E-state index is 12.4. The molecule has 110 valence electrons. The van der Waals surface area contributed by atoms with Crippen LogP contribution in [0.4, 0.5) is 0 Å². The second-order valence-corrected chi connectivity index (χ2v) is 8.06. The molecule has 0 unspecified atom stereocenters. The molecule has 0 saturated heterocycles. The quantitative estimate of drug-likeness (QED) is 0.651. The SMILES string of the molecule is CC(C)[C@H]1CC=C2C=C3C(=O)CCC[C@@]3(C)CC[C@@]21C. The van der Waals surface area contributed by atoms with Crippen LogP contribution in [0.2, 0.25) is 0 Å². The smallest absolute Gasteiger partial charge is 0.159 e. The zero-order valence-corrected chi connectivity index (χ0v) is 13.5. The van der Waals surface area contributed by atoms with Gasteiger partial charge in [0.2, 0.25) is 0 Å². The molecule has 0 spiro atoms. The summed E-state index contributed by atoms with van der Waals surface area (Å²) in [6, 6.07) is 0. The van der Waals surface area contributed by atoms with E-state index in [1.54, 1.807) is 0 Å². The van der Waals surface area contributed by atoms with Gasteiger partial charge in [0.15, 0.2) is 5.78 Å². The van der Waals surface area contributed by atoms with Gasteiger partial charge in [-0.1, -0.05) is 39.8 Å². The largest absolute Gasteiger partial charge is 0.295 e. The van der Waals surface area contributed by atoms with E-state index in [-0.39, 0.29) is 5.41 Å². The predicted octanol–water partition coefficient (Wildman–Crippen LogP) is 5.07. The molecule has 0 aromatic rings. The van der Waals surface area contributed by atoms with Gasteiger partial charge in [0.1, 0.15) is 0 Å². The van der Waals surface area contributed by atoms with Gasteiger partial charge in [-0.05, 0) is 60.3 Å². The Kier molecular flexibility index (Phi) is 3.23. The van der Waals surface area contributed by atoms with Gasteiger partial charge in [-0.15, -0.1) is 0 Å². The number of carbonyl (C=O) groups excluding carboxylic acids is 1. The van der Waals surface area contributed by atoms with Gasteiger partial charge >= 0.3 is 0 Å². The van der Waals surface area contributed by atoms with Crippen molar-refractivity contribution in [2.24, 2.45) is 22.7 Å². The van der Waals surface area contributed by atoms with Gasteiger partial charge in [-0.2, -0.15) is 0 Å². The van der Waals surface area contributed by atoms with E-state index in [1.165, 1.54) is 31.3 Å². The van der Waals surface area contributed by atoms with E-state index in [4.69, 9.17) is 0 Å². The highest BCUT2D eigenvalue weighted by Gasteiger charge is 2.47. The lowest BCUT2D eigenvalue weighted by Crippen LogP contribution is -2.31. The molecule has 0 heterocycles. The van der Waals surface area contributed by atoms with Gasteiger partial charge in [0.05, 0.1) is 0 Å². The molecule has 0 aliphatic heterocycles. The zero-order valence-electron chi connectivity index (χ0n) is 13.5. The lowest BCUT2D eigenvalue weighted by Gasteiger charge is -2.38. The number of hydrogen-bond donors (Lipinski definition) is 0. The molecule has 0 bridgehead atoms. The van der Waals surface area contributed by atoms with Crippen molar-refractivity contribution in [2.45, 2.75) is 66.2 Å². The molecule has 3 atom stereocenters. The Bertz CT molecular complexity index is 496. The standard InChI is InChI=1S/C19H28O/c1-13(2)15-8-7-14-12-16-17(20)6-5-9-18(16,3)10-11-19(14,15)4/h7,12-13,15H,5-6,8-11H2,1-4H3/t15-,18+,19+/m1/s1. The van der Waals surface area contributed by atoms with Gasteiger partial charge in [0, 0.05) is 12.0 Å². The van der Waals surface area contributed by atoms with Crippen molar-refractivity contribution in [2.75, 3.05) is 0 Å². The third kappa shape index (κ3) is 1.93. The molecule has 1 fully saturated rings. The van der Waals surface area contributed by atoms with Crippen molar-refractivity contribution in [3.05, 3.63) is 23.3 Å². The van der Waals surface area contributed by atoms with E-state index in [1.807, 2.05) is 0 Å². The van der Waals surface area contributed by atoms with E-state index in [0.717, 1.165) is 30.3 Å². The summed E-state index contributed by atoms with van der Waals surface area (Å²) < 4.78 is 0. The minimum absolute atomic E-state index is 0.144. The molecule has 20 heavy (non-hydrogen) atoms. The molecule has 0 amide bonds. The summed E-state index contributed by atoms with van der Waals surface area (Å²) in [5.74, 6) is 1.88. The van der Waals surface area contributed by atoms with Crippen molar-refractivity contribution in [1.82, 2.24) is 0 Å². The van der Waals surface area contributed by atoms with Crippen molar-refractivity contribution < 1.29 is 4.79 Å². The fraction of sp³-hybridized carbons (Fsp3) is 0.737. The Morgan fingerprint density at radius 1 is 1.20 bits per heavy atom. The number of allylic oxidation sites excluding steroid dienone is 4. The summed E-state index contributed by atoms with van der Waals surface area (Å²) in [5, 5.41) is 0. The molecule has 0 N–H and O–H groups in total. The molecule has 3 aliphatic carbocycles. The van der Waals surface area contributed by atoms with E-state index in [2.05, 4.69) is 39.8 Å². The molecule has 0 radical (unpaired) electrons. The van der Waals surface area contributed by atoms with Crippen LogP contribution in [0.3, 0.4) is 0 Å². The van der Waals surface area contributed by atoms with Crippen LogP contribution in [0.25, 0.3) is 0 Å². The Balaban J connectivity index is 2.03. The molecule has 1 saturated carbocycles. The van der Waals surface area contributed by atoms with Crippen LogP contribution >= 0.6 is 0 Å². The zero-order chi connectivity index (χ0) is 14.5. The summed E-state index contributed by atoms with van der Waals surface area (Å²) in [5.41, 5.74) is 3.04. The average molecular weight is 272 g/mol. The fourth-order valence-corrected chi connectivity index (χ4v) is 4.97. The monoisotopic (exact) mass is 272 g/mol. The van der Waals surface area contributed by atoms with Crippen molar-refractivity contribution in [1.29, 1.82) is 0 Å². The highest BCUT2D eigenvalue weighted by atomic mass is 16.1. The maximum Gasteiger partial charge on any atom is 0.159 e. The number of hydrogen-bond acceptors (Lipinski definition) is 1. The first-order valence-corrected chi connectivity index (χ1v) is 8.33. The third-order valence-corrected chi connectivity index (χ3v) is 6.45. The van der Waals surface area contributed by atoms with Gasteiger partial charge in [0.25, 0.3) is 0 Å². The maximum atomic E-state index is 12.4. The van der Waals surface area contributed by atoms with Crippen LogP contribution in [0.1, 0.15) is 66.2 Å². The minimum Gasteiger partial charge on any atom is -0.295 e. The Hall–Kier alpha value is -0.850. The van der Waals surface area contributed by atoms with Crippen molar-refractivity contribution in [3.8, 4) is 0 Å². The third-order valence-electron chi connectivity index (χ3n) is 6.45. The van der Waals surface area contributed by atoms with Crippen LogP contribution in [-0.2, 0) is 4.79 Å². The number of Topliss-reactive ketones (excluding diaryl/α,β-unsaturated/α-hetero) is 1. The Labute approximate surface area is 123 Å². The Morgan fingerprint density at radius 2 is 1.95 bits per heavy atom. The van der Waals surface area contributed by atoms with Crippen molar-refractivity contribution in [3.63, 3.8) is 0 Å². The van der Waals surface area contributed by atoms with Crippen LogP contribution in [0.15, 0.2) is 23.3 Å². The normalized spacial score (nSPS) is 40.9. The highest BCUT2D eigenvalue weighted by Crippen LogP contribution is 2.57. The molecule has 0 aromatic heterocycles. The summed E-state index contributed by atoms with van der Waals surface area (Å²) >= 11 is 0. The van der Waals surface area contributed by atoms with Crippen LogP contribution in [-0.4, -0.2) is 5.78 Å². The molecular weight excluding hydrogens is 244 g/mol. The molecule has 3 rings (SSSR count). The molecule has 0 aromatic carbocycles. The minimum atomic E-state index is 0.144. The van der Waals surface area contributed by atoms with Crippen LogP contribution in [0, 0.1) is 22.7 Å². The number of carbonyl (C=O) groups is 1. The Morgan fingerprint density at radius 3 is 2.65 bits per heavy atom. The van der Waals surface area contributed by atoms with Crippen molar-refractivity contribution >= 4 is 5.78 Å². The average Bonchev–Trinajstić information content (AvgIpc) is 2.64. The first-order valence-electron chi connectivity index (χ1n) is 8.33. The molecular formula is C19H28O. The van der Waals surface area contributed by atoms with Gasteiger partial charge in [-0.25, -0.2) is 0 Å². The topological polar surface area (TPSA) is 17.1 Å². The first kappa shape index (κ1) is 14.1. The van der Waals surface area contributed by atoms with E-state index >= 15 is 0 Å². The second-order valence-electron chi connectivity index (χ2n) is 8.06. The molecule has 3 aliphatic rings. The molecule has 1 nitrogen and oxygen atoms in total. The highest BCUT2D eigenvalue weighted by molar-refractivity contribution is 5.98. The van der Waals surface area contributed by atoms with Crippen LogP contribution in [0.5, 0.6) is 0 Å². The van der Waals surface area contributed by atoms with E-state index in [0.29, 0.717) is 11.2 Å². The van der Waals surface area contributed by atoms with E-state index in [9.17, 15) is 4.79 Å². The first-order chi connectivity index (χ1) is 9.37. The lowest BCUT2D eigenvalue weighted by molar-refractivity contribution is -0.118. The summed E-state index contributed by atoms with van der Waals surface area (Å²) in [6.45, 7) is 9.47. The summed E-state index contributed by atoms with van der Waals surface area (Å²) in [6.07, 6.45) is 11.4. The summed E-state index contributed by atoms with van der Waals surface area (Å²) in [4.78, 5) is 12.4. The number of rotatable bonds is 1. The van der Waals surface area contributed by atoms with E-state index < -0.39 is 0 Å². The fourth-order valence-electron chi connectivity index (χ4n) is 4.97. The number of fused-ring (bicyclic) bond motifs is 2. The second kappa shape index (κ2) is 4.58. The predicted molar refractivity (Wildman–Crippen MR) is 83.4 cm³/mol. The number of ketones is 1. The summed E-state index contributed by atoms with van der Waals surface area (Å²) in [7, 11) is 0. The lowest BCUT2D eigenvalue weighted by atomic mass is 9.65. The van der Waals surface area contributed by atoms with Crippen LogP contribution < -0.4 is 0 Å².